The third kappa shape index (κ3) is 3.80. The number of benzene rings is 1. The van der Waals surface area contributed by atoms with E-state index >= 15 is 0 Å². The standard InChI is InChI=1S/C16H13ClFN3O2S/c1-9-4-5-24-15(9)16-21-20-14(23-16)7-13(22)19-8-10-2-3-11(18)6-12(10)17/h2-6H,7-8H2,1H3,(H,19,22). The molecule has 0 aliphatic heterocycles. The maximum Gasteiger partial charge on any atom is 0.258 e. The van der Waals surface area contributed by atoms with Crippen molar-refractivity contribution in [2.24, 2.45) is 0 Å². The summed E-state index contributed by atoms with van der Waals surface area (Å²) in [6.07, 6.45) is -0.0315. The summed E-state index contributed by atoms with van der Waals surface area (Å²) in [6.45, 7) is 2.15. The molecule has 0 unspecified atom stereocenters. The molecule has 0 saturated heterocycles. The highest BCUT2D eigenvalue weighted by atomic mass is 35.5. The van der Waals surface area contributed by atoms with Crippen molar-refractivity contribution in [3.63, 3.8) is 0 Å². The first kappa shape index (κ1) is 16.6. The van der Waals surface area contributed by atoms with Gasteiger partial charge in [-0.1, -0.05) is 17.7 Å². The minimum absolute atomic E-state index is 0.0315. The molecule has 1 aromatic carbocycles. The third-order valence-corrected chi connectivity index (χ3v) is 4.68. The SMILES string of the molecule is Cc1ccsc1-c1nnc(CC(=O)NCc2ccc(F)cc2Cl)o1. The van der Waals surface area contributed by atoms with E-state index in [0.717, 1.165) is 10.4 Å². The van der Waals surface area contributed by atoms with Crippen molar-refractivity contribution < 1.29 is 13.6 Å². The summed E-state index contributed by atoms with van der Waals surface area (Å²) in [5.41, 5.74) is 1.68. The van der Waals surface area contributed by atoms with Crippen LogP contribution in [0.5, 0.6) is 0 Å². The quantitative estimate of drug-likeness (QED) is 0.747. The van der Waals surface area contributed by atoms with E-state index in [1.807, 2.05) is 18.4 Å². The molecule has 1 N–H and O–H groups in total. The number of carbonyl (C=O) groups is 1. The first-order valence-corrected chi connectivity index (χ1v) is 8.36. The molecule has 2 heterocycles. The zero-order valence-corrected chi connectivity index (χ0v) is 14.2. The van der Waals surface area contributed by atoms with Crippen LogP contribution in [0.1, 0.15) is 17.0 Å². The lowest BCUT2D eigenvalue weighted by Crippen LogP contribution is -2.24. The smallest absolute Gasteiger partial charge is 0.258 e. The Morgan fingerprint density at radius 1 is 1.38 bits per heavy atom. The number of thiophene rings is 1. The summed E-state index contributed by atoms with van der Waals surface area (Å²) >= 11 is 7.42. The number of carbonyl (C=O) groups excluding carboxylic acids is 1. The number of hydrogen-bond acceptors (Lipinski definition) is 5. The number of nitrogens with one attached hydrogen (secondary N) is 1. The van der Waals surface area contributed by atoms with E-state index in [9.17, 15) is 9.18 Å². The molecule has 3 rings (SSSR count). The molecule has 0 spiro atoms. The van der Waals surface area contributed by atoms with Gasteiger partial charge in [-0.15, -0.1) is 21.5 Å². The predicted molar refractivity (Wildman–Crippen MR) is 89.3 cm³/mol. The Labute approximate surface area is 146 Å². The van der Waals surface area contributed by atoms with Gasteiger partial charge in [0, 0.05) is 11.6 Å². The van der Waals surface area contributed by atoms with Crippen LogP contribution in [-0.4, -0.2) is 16.1 Å². The van der Waals surface area contributed by atoms with Crippen LogP contribution in [0.3, 0.4) is 0 Å². The fourth-order valence-corrected chi connectivity index (χ4v) is 3.15. The van der Waals surface area contributed by atoms with E-state index in [-0.39, 0.29) is 29.8 Å². The highest BCUT2D eigenvalue weighted by molar-refractivity contribution is 7.13. The summed E-state index contributed by atoms with van der Waals surface area (Å²) in [5.74, 6) is -0.0572. The highest BCUT2D eigenvalue weighted by Gasteiger charge is 2.15. The first-order chi connectivity index (χ1) is 11.5. The minimum Gasteiger partial charge on any atom is -0.419 e. The zero-order chi connectivity index (χ0) is 17.1. The Balaban J connectivity index is 1.59. The normalized spacial score (nSPS) is 10.8. The summed E-state index contributed by atoms with van der Waals surface area (Å²) in [6, 6.07) is 5.99. The van der Waals surface area contributed by atoms with Gasteiger partial charge in [0.25, 0.3) is 5.89 Å². The molecule has 24 heavy (non-hydrogen) atoms. The lowest BCUT2D eigenvalue weighted by Gasteiger charge is -2.06. The van der Waals surface area contributed by atoms with E-state index in [2.05, 4.69) is 15.5 Å². The van der Waals surface area contributed by atoms with Gasteiger partial charge in [0.1, 0.15) is 12.2 Å². The Kier molecular flexibility index (Phi) is 4.92. The van der Waals surface area contributed by atoms with Crippen molar-refractivity contribution in [1.82, 2.24) is 15.5 Å². The molecule has 1 amide bonds. The van der Waals surface area contributed by atoms with Crippen LogP contribution in [0, 0.1) is 12.7 Å². The average molecular weight is 366 g/mol. The van der Waals surface area contributed by atoms with E-state index in [0.29, 0.717) is 11.5 Å². The van der Waals surface area contributed by atoms with Gasteiger partial charge in [0.15, 0.2) is 0 Å². The second-order valence-corrected chi connectivity index (χ2v) is 6.45. The van der Waals surface area contributed by atoms with Crippen molar-refractivity contribution in [3.8, 4) is 10.8 Å². The molecule has 0 atom stereocenters. The van der Waals surface area contributed by atoms with Crippen LogP contribution in [0.25, 0.3) is 10.8 Å². The fraction of sp³-hybridized carbons (Fsp3) is 0.188. The van der Waals surface area contributed by atoms with Crippen molar-refractivity contribution in [2.45, 2.75) is 19.9 Å². The van der Waals surface area contributed by atoms with Crippen molar-refractivity contribution in [1.29, 1.82) is 0 Å². The van der Waals surface area contributed by atoms with Crippen LogP contribution < -0.4 is 5.32 Å². The largest absolute Gasteiger partial charge is 0.419 e. The van der Waals surface area contributed by atoms with Gasteiger partial charge in [-0.05, 0) is 41.6 Å². The lowest BCUT2D eigenvalue weighted by molar-refractivity contribution is -0.120. The van der Waals surface area contributed by atoms with E-state index < -0.39 is 5.82 Å². The van der Waals surface area contributed by atoms with Crippen LogP contribution in [0.15, 0.2) is 34.1 Å². The number of nitrogens with zero attached hydrogens (tertiary/aromatic N) is 2. The molecule has 3 aromatic rings. The molecular formula is C16H13ClFN3O2S. The van der Waals surface area contributed by atoms with Gasteiger partial charge in [-0.2, -0.15) is 0 Å². The molecule has 0 fully saturated rings. The average Bonchev–Trinajstić information content (AvgIpc) is 3.15. The molecule has 0 radical (unpaired) electrons. The summed E-state index contributed by atoms with van der Waals surface area (Å²) in [7, 11) is 0. The van der Waals surface area contributed by atoms with E-state index in [1.54, 1.807) is 0 Å². The number of halogens is 2. The molecule has 5 nitrogen and oxygen atoms in total. The summed E-state index contributed by atoms with van der Waals surface area (Å²) in [5, 5.41) is 12.8. The topological polar surface area (TPSA) is 68.0 Å². The Bertz CT molecular complexity index is 878. The first-order valence-electron chi connectivity index (χ1n) is 7.10. The summed E-state index contributed by atoms with van der Waals surface area (Å²) < 4.78 is 18.5. The van der Waals surface area contributed by atoms with E-state index in [1.165, 1.54) is 29.5 Å². The fourth-order valence-electron chi connectivity index (χ4n) is 2.07. The van der Waals surface area contributed by atoms with E-state index in [4.69, 9.17) is 16.0 Å². The van der Waals surface area contributed by atoms with Gasteiger partial charge in [0.05, 0.1) is 4.88 Å². The number of amides is 1. The molecule has 0 saturated carbocycles. The van der Waals surface area contributed by atoms with Gasteiger partial charge in [-0.3, -0.25) is 4.79 Å². The van der Waals surface area contributed by atoms with Gasteiger partial charge in [0.2, 0.25) is 11.8 Å². The van der Waals surface area contributed by atoms with Crippen LogP contribution in [0.4, 0.5) is 4.39 Å². The molecular weight excluding hydrogens is 353 g/mol. The molecule has 2 aromatic heterocycles. The van der Waals surface area contributed by atoms with Gasteiger partial charge in [-0.25, -0.2) is 4.39 Å². The summed E-state index contributed by atoms with van der Waals surface area (Å²) in [4.78, 5) is 12.9. The Morgan fingerprint density at radius 2 is 2.21 bits per heavy atom. The maximum atomic E-state index is 13.0. The van der Waals surface area contributed by atoms with Gasteiger partial charge >= 0.3 is 0 Å². The number of aromatic nitrogens is 2. The molecule has 8 heteroatoms. The minimum atomic E-state index is -0.419. The lowest BCUT2D eigenvalue weighted by atomic mass is 10.2. The number of aryl methyl sites for hydroxylation is 1. The van der Waals surface area contributed by atoms with Crippen LogP contribution in [0.2, 0.25) is 5.02 Å². The number of hydrogen-bond donors (Lipinski definition) is 1. The van der Waals surface area contributed by atoms with Crippen LogP contribution in [-0.2, 0) is 17.8 Å². The second-order valence-electron chi connectivity index (χ2n) is 5.12. The monoisotopic (exact) mass is 365 g/mol. The predicted octanol–water partition coefficient (Wildman–Crippen LogP) is 3.76. The van der Waals surface area contributed by atoms with Crippen molar-refractivity contribution in [3.05, 3.63) is 57.5 Å². The molecule has 124 valence electrons. The highest BCUT2D eigenvalue weighted by Crippen LogP contribution is 2.27. The Morgan fingerprint density at radius 3 is 2.92 bits per heavy atom. The van der Waals surface area contributed by atoms with Crippen molar-refractivity contribution >= 4 is 28.8 Å². The third-order valence-electron chi connectivity index (χ3n) is 3.33. The maximum absolute atomic E-state index is 13.0. The Hall–Kier alpha value is -2.25. The molecule has 0 aliphatic carbocycles. The molecule has 0 bridgehead atoms. The second kappa shape index (κ2) is 7.11. The number of rotatable bonds is 5. The van der Waals surface area contributed by atoms with Gasteiger partial charge < -0.3 is 9.73 Å². The van der Waals surface area contributed by atoms with Crippen LogP contribution >= 0.6 is 22.9 Å². The molecule has 0 aliphatic rings. The van der Waals surface area contributed by atoms with Crippen molar-refractivity contribution in [2.75, 3.05) is 0 Å². The zero-order valence-electron chi connectivity index (χ0n) is 12.7.